The Kier molecular flexibility index (Phi) is 3.14. The van der Waals surface area contributed by atoms with Crippen molar-refractivity contribution >= 4 is 0 Å². The van der Waals surface area contributed by atoms with Crippen molar-refractivity contribution in [1.82, 2.24) is 15.0 Å². The third kappa shape index (κ3) is 2.32. The summed E-state index contributed by atoms with van der Waals surface area (Å²) in [5.41, 5.74) is 5.66. The van der Waals surface area contributed by atoms with Gasteiger partial charge in [0, 0.05) is 12.7 Å². The van der Waals surface area contributed by atoms with E-state index in [2.05, 4.69) is 10.3 Å². The lowest BCUT2D eigenvalue weighted by Crippen LogP contribution is -2.23. The first kappa shape index (κ1) is 9.65. The quantitative estimate of drug-likeness (QED) is 0.782. The predicted octanol–water partition coefficient (Wildman–Crippen LogP) is 1.04. The van der Waals surface area contributed by atoms with Gasteiger partial charge >= 0.3 is 0 Å². The van der Waals surface area contributed by atoms with Gasteiger partial charge in [-0.3, -0.25) is 4.68 Å². The van der Waals surface area contributed by atoms with Crippen LogP contribution in [-0.2, 0) is 6.54 Å². The van der Waals surface area contributed by atoms with Gasteiger partial charge in [0.2, 0.25) is 0 Å². The van der Waals surface area contributed by atoms with Gasteiger partial charge in [0.1, 0.15) is 0 Å². The van der Waals surface area contributed by atoms with Crippen molar-refractivity contribution in [3.05, 3.63) is 12.4 Å². The van der Waals surface area contributed by atoms with E-state index in [4.69, 9.17) is 5.73 Å². The molecule has 1 aliphatic rings. The third-order valence-corrected chi connectivity index (χ3v) is 3.22. The SMILES string of the molecule is NCC1CCC(Cn2ccnn2)CC1. The Labute approximate surface area is 84.5 Å². The van der Waals surface area contributed by atoms with Gasteiger partial charge in [0.25, 0.3) is 0 Å². The van der Waals surface area contributed by atoms with Crippen LogP contribution in [0.3, 0.4) is 0 Å². The minimum atomic E-state index is 0.766. The second kappa shape index (κ2) is 4.55. The average Bonchev–Trinajstić information content (AvgIpc) is 2.72. The molecular formula is C10H18N4. The van der Waals surface area contributed by atoms with Crippen LogP contribution in [0.4, 0.5) is 0 Å². The fourth-order valence-corrected chi connectivity index (χ4v) is 2.24. The summed E-state index contributed by atoms with van der Waals surface area (Å²) in [7, 11) is 0. The van der Waals surface area contributed by atoms with E-state index in [9.17, 15) is 0 Å². The molecule has 1 heterocycles. The summed E-state index contributed by atoms with van der Waals surface area (Å²) in [6.07, 6.45) is 8.84. The fraction of sp³-hybridized carbons (Fsp3) is 0.800. The second-order valence-corrected chi connectivity index (χ2v) is 4.25. The maximum atomic E-state index is 5.66. The Morgan fingerprint density at radius 2 is 1.93 bits per heavy atom. The number of aromatic nitrogens is 3. The molecule has 1 aromatic rings. The van der Waals surface area contributed by atoms with Crippen molar-refractivity contribution < 1.29 is 0 Å². The minimum Gasteiger partial charge on any atom is -0.330 e. The van der Waals surface area contributed by atoms with Crippen LogP contribution >= 0.6 is 0 Å². The molecule has 0 aromatic carbocycles. The molecule has 0 spiro atoms. The highest BCUT2D eigenvalue weighted by atomic mass is 15.4. The average molecular weight is 194 g/mol. The van der Waals surface area contributed by atoms with Gasteiger partial charge in [-0.15, -0.1) is 5.10 Å². The van der Waals surface area contributed by atoms with E-state index in [-0.39, 0.29) is 0 Å². The summed E-state index contributed by atoms with van der Waals surface area (Å²) in [6, 6.07) is 0. The first-order valence-corrected chi connectivity index (χ1v) is 5.42. The molecule has 0 amide bonds. The highest BCUT2D eigenvalue weighted by Crippen LogP contribution is 2.28. The van der Waals surface area contributed by atoms with Crippen LogP contribution < -0.4 is 5.73 Å². The van der Waals surface area contributed by atoms with Gasteiger partial charge in [-0.25, -0.2) is 0 Å². The molecule has 0 bridgehead atoms. The van der Waals surface area contributed by atoms with Crippen molar-refractivity contribution in [2.45, 2.75) is 32.2 Å². The Bertz CT molecular complexity index is 249. The highest BCUT2D eigenvalue weighted by Gasteiger charge is 2.20. The van der Waals surface area contributed by atoms with Gasteiger partial charge in [0.15, 0.2) is 0 Å². The zero-order valence-corrected chi connectivity index (χ0v) is 8.47. The normalized spacial score (nSPS) is 27.8. The van der Waals surface area contributed by atoms with E-state index in [1.54, 1.807) is 6.20 Å². The Balaban J connectivity index is 1.79. The number of hydrogen-bond donors (Lipinski definition) is 1. The van der Waals surface area contributed by atoms with Gasteiger partial charge in [-0.2, -0.15) is 0 Å². The standard InChI is InChI=1S/C10H18N4/c11-7-9-1-3-10(4-2-9)8-14-6-5-12-13-14/h5-6,9-10H,1-4,7-8,11H2. The molecule has 78 valence electrons. The van der Waals surface area contributed by atoms with E-state index in [1.165, 1.54) is 25.7 Å². The van der Waals surface area contributed by atoms with Crippen molar-refractivity contribution in [2.75, 3.05) is 6.54 Å². The van der Waals surface area contributed by atoms with Gasteiger partial charge < -0.3 is 5.73 Å². The molecule has 1 fully saturated rings. The number of nitrogens with two attached hydrogens (primary N) is 1. The van der Waals surface area contributed by atoms with E-state index in [0.717, 1.165) is 24.9 Å². The molecule has 0 saturated heterocycles. The summed E-state index contributed by atoms with van der Waals surface area (Å²) in [6.45, 7) is 1.88. The van der Waals surface area contributed by atoms with Gasteiger partial charge in [-0.05, 0) is 44.1 Å². The molecule has 14 heavy (non-hydrogen) atoms. The minimum absolute atomic E-state index is 0.766. The molecule has 0 unspecified atom stereocenters. The Morgan fingerprint density at radius 1 is 1.21 bits per heavy atom. The summed E-state index contributed by atoms with van der Waals surface area (Å²) >= 11 is 0. The summed E-state index contributed by atoms with van der Waals surface area (Å²) in [5.74, 6) is 1.54. The summed E-state index contributed by atoms with van der Waals surface area (Å²) in [5, 5.41) is 7.80. The molecule has 4 heteroatoms. The van der Waals surface area contributed by atoms with E-state index >= 15 is 0 Å². The second-order valence-electron chi connectivity index (χ2n) is 4.25. The van der Waals surface area contributed by atoms with Crippen molar-refractivity contribution in [2.24, 2.45) is 17.6 Å². The molecule has 0 aliphatic heterocycles. The lowest BCUT2D eigenvalue weighted by Gasteiger charge is -2.27. The molecule has 1 aliphatic carbocycles. The molecule has 0 radical (unpaired) electrons. The molecule has 2 rings (SSSR count). The molecule has 1 aromatic heterocycles. The topological polar surface area (TPSA) is 56.7 Å². The molecule has 1 saturated carbocycles. The largest absolute Gasteiger partial charge is 0.330 e. The molecule has 0 atom stereocenters. The molecule has 4 nitrogen and oxygen atoms in total. The number of nitrogens with zero attached hydrogens (tertiary/aromatic N) is 3. The Hall–Kier alpha value is -0.900. The van der Waals surface area contributed by atoms with Crippen molar-refractivity contribution in [1.29, 1.82) is 0 Å². The first-order valence-electron chi connectivity index (χ1n) is 5.42. The van der Waals surface area contributed by atoms with Crippen LogP contribution in [0.2, 0.25) is 0 Å². The highest BCUT2D eigenvalue weighted by molar-refractivity contribution is 4.74. The van der Waals surface area contributed by atoms with Crippen molar-refractivity contribution in [3.63, 3.8) is 0 Å². The van der Waals surface area contributed by atoms with Crippen LogP contribution in [0.5, 0.6) is 0 Å². The fourth-order valence-electron chi connectivity index (χ4n) is 2.24. The number of rotatable bonds is 3. The van der Waals surface area contributed by atoms with E-state index in [1.807, 2.05) is 10.9 Å². The van der Waals surface area contributed by atoms with Crippen LogP contribution in [0.25, 0.3) is 0 Å². The van der Waals surface area contributed by atoms with Crippen LogP contribution in [-0.4, -0.2) is 21.5 Å². The zero-order chi connectivity index (χ0) is 9.80. The Morgan fingerprint density at radius 3 is 2.50 bits per heavy atom. The molecule has 2 N–H and O–H groups in total. The first-order chi connectivity index (χ1) is 6.88. The maximum Gasteiger partial charge on any atom is 0.0692 e. The molecular weight excluding hydrogens is 176 g/mol. The summed E-state index contributed by atoms with van der Waals surface area (Å²) in [4.78, 5) is 0. The third-order valence-electron chi connectivity index (χ3n) is 3.22. The zero-order valence-electron chi connectivity index (χ0n) is 8.47. The van der Waals surface area contributed by atoms with Gasteiger partial charge in [0.05, 0.1) is 6.20 Å². The van der Waals surface area contributed by atoms with E-state index in [0.29, 0.717) is 0 Å². The lowest BCUT2D eigenvalue weighted by atomic mass is 9.82. The van der Waals surface area contributed by atoms with E-state index < -0.39 is 0 Å². The van der Waals surface area contributed by atoms with Crippen LogP contribution in [0.1, 0.15) is 25.7 Å². The number of hydrogen-bond acceptors (Lipinski definition) is 3. The maximum absolute atomic E-state index is 5.66. The predicted molar refractivity (Wildman–Crippen MR) is 54.5 cm³/mol. The van der Waals surface area contributed by atoms with Crippen LogP contribution in [0.15, 0.2) is 12.4 Å². The lowest BCUT2D eigenvalue weighted by molar-refractivity contribution is 0.249. The summed E-state index contributed by atoms with van der Waals surface area (Å²) < 4.78 is 1.94. The monoisotopic (exact) mass is 194 g/mol. The van der Waals surface area contributed by atoms with Gasteiger partial charge in [-0.1, -0.05) is 5.21 Å². The van der Waals surface area contributed by atoms with Crippen LogP contribution in [0, 0.1) is 11.8 Å². The smallest absolute Gasteiger partial charge is 0.0692 e. The van der Waals surface area contributed by atoms with Crippen molar-refractivity contribution in [3.8, 4) is 0 Å².